The quantitative estimate of drug-likeness (QED) is 0.197. The Balaban J connectivity index is 0.00000341. The maximum absolute atomic E-state index is 11.0. The molecule has 3 heterocycles. The van der Waals surface area contributed by atoms with Crippen LogP contribution < -0.4 is 11.5 Å². The Bertz CT molecular complexity index is 915. The van der Waals surface area contributed by atoms with Crippen molar-refractivity contribution >= 4 is 33.8 Å². The third kappa shape index (κ3) is 5.95. The Labute approximate surface area is 207 Å². The van der Waals surface area contributed by atoms with Crippen molar-refractivity contribution in [2.75, 3.05) is 23.0 Å². The normalized spacial score (nSPS) is 25.5. The summed E-state index contributed by atoms with van der Waals surface area (Å²) < 4.78 is 7.51. The molecule has 1 fully saturated rings. The number of carboxylic acids is 1. The van der Waals surface area contributed by atoms with Crippen molar-refractivity contribution in [3.05, 3.63) is 31.7 Å². The average Bonchev–Trinajstić information content (AvgIpc) is 3.26. The molecule has 0 aliphatic carbocycles. The van der Waals surface area contributed by atoms with Gasteiger partial charge in [-0.05, 0) is 10.9 Å². The Kier molecular flexibility index (Phi) is 9.68. The van der Waals surface area contributed by atoms with Gasteiger partial charge >= 0.3 is 5.97 Å². The maximum Gasteiger partial charge on any atom is 0.320 e. The van der Waals surface area contributed by atoms with Crippen LogP contribution in [0.3, 0.4) is 0 Å². The van der Waals surface area contributed by atoms with Crippen LogP contribution in [0.1, 0.15) is 12.6 Å². The van der Waals surface area contributed by atoms with E-state index in [2.05, 4.69) is 21.9 Å². The number of aromatic nitrogens is 4. The van der Waals surface area contributed by atoms with Crippen LogP contribution in [0.2, 0.25) is 0 Å². The van der Waals surface area contributed by atoms with Gasteiger partial charge in [-0.2, -0.15) is 6.08 Å². The number of carbonyl (C=O) groups is 1. The van der Waals surface area contributed by atoms with Gasteiger partial charge in [0.05, 0.1) is 12.1 Å². The molecule has 0 spiro atoms. The van der Waals surface area contributed by atoms with E-state index in [0.29, 0.717) is 34.8 Å². The molecule has 13 heteroatoms. The largest absolute Gasteiger partial charge is 0.480 e. The third-order valence-electron chi connectivity index (χ3n) is 4.93. The second-order valence-electron chi connectivity index (χ2n) is 6.98. The second kappa shape index (κ2) is 11.5. The van der Waals surface area contributed by atoms with E-state index in [1.54, 1.807) is 6.08 Å². The smallest absolute Gasteiger partial charge is 0.320 e. The van der Waals surface area contributed by atoms with Gasteiger partial charge in [0.2, 0.25) is 0 Å². The Morgan fingerprint density at radius 2 is 2.10 bits per heavy atom. The molecule has 0 bridgehead atoms. The molecule has 0 amide bonds. The van der Waals surface area contributed by atoms with Crippen molar-refractivity contribution in [2.45, 2.75) is 37.0 Å². The number of aliphatic hydroxyl groups excluding tert-OH is 2. The zero-order chi connectivity index (χ0) is 21.8. The van der Waals surface area contributed by atoms with Crippen molar-refractivity contribution in [3.8, 4) is 0 Å². The molecular weight excluding hydrogens is 501 g/mol. The number of allylic oxidation sites excluding steroid dienone is 1. The molecular formula is C18H26N6O5SY. The van der Waals surface area contributed by atoms with Gasteiger partial charge in [0.25, 0.3) is 0 Å². The molecule has 1 saturated heterocycles. The fourth-order valence-electron chi connectivity index (χ4n) is 3.24. The summed E-state index contributed by atoms with van der Waals surface area (Å²) in [6, 6.07) is -0.945. The summed E-state index contributed by atoms with van der Waals surface area (Å²) in [7, 11) is -0.316. The van der Waals surface area contributed by atoms with Crippen LogP contribution in [-0.2, 0) is 53.1 Å². The van der Waals surface area contributed by atoms with E-state index in [1.807, 2.05) is 6.08 Å². The Hall–Kier alpha value is -1.28. The molecule has 1 aliphatic rings. The molecule has 6 atom stereocenters. The zero-order valence-corrected chi connectivity index (χ0v) is 20.5. The van der Waals surface area contributed by atoms with Crippen LogP contribution >= 0.6 is 0 Å². The van der Waals surface area contributed by atoms with Gasteiger partial charge < -0.3 is 31.5 Å². The molecule has 1 radical (unpaired) electrons. The minimum atomic E-state index is -1.20. The van der Waals surface area contributed by atoms with Crippen LogP contribution in [0.4, 0.5) is 5.82 Å². The molecule has 11 nitrogen and oxygen atoms in total. The van der Waals surface area contributed by atoms with E-state index in [-0.39, 0.29) is 49.4 Å². The first-order valence-corrected chi connectivity index (χ1v) is 11.1. The van der Waals surface area contributed by atoms with Gasteiger partial charge in [-0.3, -0.25) is 9.36 Å². The van der Waals surface area contributed by atoms with Crippen LogP contribution in [0.25, 0.3) is 11.2 Å². The molecule has 0 aromatic carbocycles. The summed E-state index contributed by atoms with van der Waals surface area (Å²) in [5.74, 6) is 0.811. The van der Waals surface area contributed by atoms with Gasteiger partial charge in [0, 0.05) is 39.1 Å². The van der Waals surface area contributed by atoms with E-state index < -0.39 is 36.6 Å². The minimum Gasteiger partial charge on any atom is -0.480 e. The summed E-state index contributed by atoms with van der Waals surface area (Å²) in [6.45, 7) is 3.67. The summed E-state index contributed by atoms with van der Waals surface area (Å²) in [5, 5.41) is 30.2. The van der Waals surface area contributed by atoms with Crippen LogP contribution in [0.5, 0.6) is 0 Å². The van der Waals surface area contributed by atoms with E-state index in [4.69, 9.17) is 21.3 Å². The molecule has 7 N–H and O–H groups in total. The van der Waals surface area contributed by atoms with Crippen molar-refractivity contribution in [1.82, 2.24) is 19.5 Å². The number of aliphatic hydroxyl groups is 2. The SMILES string of the molecule is [CH2-]/C=C/C[S+](CC[C@H](N)C(=O)O)C[C@H]1O[C@@H](n2cnc3c(N)ncnc32)[C@@H](O)C1O.[Y]. The number of nitrogens with two attached hydrogens (primary N) is 2. The van der Waals surface area contributed by atoms with Gasteiger partial charge in [-0.1, -0.05) is 0 Å². The number of rotatable bonds is 9. The van der Waals surface area contributed by atoms with Crippen LogP contribution in [-0.4, -0.2) is 82.4 Å². The number of hydrogen-bond donors (Lipinski definition) is 5. The topological polar surface area (TPSA) is 183 Å². The van der Waals surface area contributed by atoms with Crippen molar-refractivity contribution in [3.63, 3.8) is 0 Å². The first-order valence-electron chi connectivity index (χ1n) is 9.34. The van der Waals surface area contributed by atoms with E-state index in [0.717, 1.165) is 0 Å². The third-order valence-corrected chi connectivity index (χ3v) is 7.21. The summed E-state index contributed by atoms with van der Waals surface area (Å²) >= 11 is 0. The molecule has 1 aliphatic heterocycles. The number of aliphatic carboxylic acids is 1. The van der Waals surface area contributed by atoms with Crippen molar-refractivity contribution in [2.24, 2.45) is 5.73 Å². The molecule has 2 aromatic rings. The maximum atomic E-state index is 11.0. The summed E-state index contributed by atoms with van der Waals surface area (Å²) in [4.78, 5) is 23.2. The van der Waals surface area contributed by atoms with Crippen LogP contribution in [0, 0.1) is 6.92 Å². The fraction of sp³-hybridized carbons (Fsp3) is 0.500. The summed E-state index contributed by atoms with van der Waals surface area (Å²) in [5.41, 5.74) is 12.2. The zero-order valence-electron chi connectivity index (χ0n) is 16.8. The standard InChI is InChI=1S/C18H26N6O5S.Y/c1-2-3-5-30(6-4-10(19)18(27)28)7-11-13(25)14(26)17(29-11)24-9-23-12-15(20)21-8-22-16(12)24;/h2-3,8-11,13-14,17,25-26H,1,4-7,19H2,(H,27,28)(H2,20,21,22);/b3-2+;/t10-,11+,13?,14-,17+,30?;/m0./s1. The molecule has 2 aromatic heterocycles. The van der Waals surface area contributed by atoms with E-state index in [9.17, 15) is 15.0 Å². The number of ether oxygens (including phenoxy) is 1. The number of fused-ring (bicyclic) bond motifs is 1. The number of nitrogens with zero attached hydrogens (tertiary/aromatic N) is 4. The van der Waals surface area contributed by atoms with Gasteiger partial charge in [-0.25, -0.2) is 28.0 Å². The summed E-state index contributed by atoms with van der Waals surface area (Å²) in [6.07, 6.45) is 2.73. The van der Waals surface area contributed by atoms with Gasteiger partial charge in [0.15, 0.2) is 17.7 Å². The van der Waals surface area contributed by atoms with Crippen molar-refractivity contribution in [1.29, 1.82) is 0 Å². The van der Waals surface area contributed by atoms with Gasteiger partial charge in [-0.15, -0.1) is 0 Å². The van der Waals surface area contributed by atoms with Crippen LogP contribution in [0.15, 0.2) is 24.8 Å². The predicted octanol–water partition coefficient (Wildman–Crippen LogP) is -1.16. The van der Waals surface area contributed by atoms with E-state index >= 15 is 0 Å². The molecule has 0 saturated carbocycles. The first kappa shape index (κ1) is 26.0. The number of carboxylic acid groups (broad SMARTS) is 1. The van der Waals surface area contributed by atoms with Crippen molar-refractivity contribution < 1.29 is 57.6 Å². The second-order valence-corrected chi connectivity index (χ2v) is 9.28. The molecule has 3 rings (SSSR count). The van der Waals surface area contributed by atoms with Gasteiger partial charge in [0.1, 0.15) is 47.7 Å². The fourth-order valence-corrected chi connectivity index (χ4v) is 5.45. The average molecular weight is 527 g/mol. The number of imidazole rings is 1. The predicted molar refractivity (Wildman–Crippen MR) is 112 cm³/mol. The minimum absolute atomic E-state index is 0. The molecule has 167 valence electrons. The number of anilines is 1. The first-order chi connectivity index (χ1) is 14.3. The Morgan fingerprint density at radius 3 is 2.77 bits per heavy atom. The molecule has 2 unspecified atom stereocenters. The Morgan fingerprint density at radius 1 is 1.35 bits per heavy atom. The molecule has 31 heavy (non-hydrogen) atoms. The monoisotopic (exact) mass is 527 g/mol. The number of nitrogen functional groups attached to an aromatic ring is 1. The number of hydrogen-bond acceptors (Lipinski definition) is 9. The van der Waals surface area contributed by atoms with E-state index in [1.165, 1.54) is 17.2 Å².